The predicted octanol–water partition coefficient (Wildman–Crippen LogP) is 12.9. The fourth-order valence-corrected chi connectivity index (χ4v) is 9.71. The van der Waals surface area contributed by atoms with Crippen LogP contribution in [0.2, 0.25) is 0 Å². The van der Waals surface area contributed by atoms with Gasteiger partial charge >= 0.3 is 0 Å². The molecule has 2 nitrogen and oxygen atoms in total. The maximum Gasteiger partial charge on any atom is 0.150 e. The third-order valence-electron chi connectivity index (χ3n) is 10.8. The van der Waals surface area contributed by atoms with Crippen molar-refractivity contribution in [2.75, 3.05) is 0 Å². The molecule has 0 atom stereocenters. The lowest BCUT2D eigenvalue weighted by Gasteiger charge is -2.39. The number of nitrogens with zero attached hydrogens (tertiary/aromatic N) is 1. The number of pyridine rings is 1. The van der Waals surface area contributed by atoms with E-state index in [4.69, 9.17) is 9.72 Å². The minimum absolute atomic E-state index is 0.470. The molecule has 0 amide bonds. The van der Waals surface area contributed by atoms with E-state index in [1.54, 1.807) is 0 Å². The lowest BCUT2D eigenvalue weighted by molar-refractivity contribution is 0.442. The fourth-order valence-electron chi connectivity index (χ4n) is 8.54. The standard InChI is InChI=1S/C48H29NOS/c1-3-13-30(14-4-1)33-28-42(31-15-5-2-6-16-31)49-43(29-33)32-23-26-45-37(27-32)36-24-25-41-46(47(36)51-45)50-44-22-12-11-21-40(44)48(41)38-19-9-7-17-34(38)35-18-8-10-20-39(35)48/h1-29H. The van der Waals surface area contributed by atoms with Crippen LogP contribution >= 0.6 is 11.3 Å². The van der Waals surface area contributed by atoms with Gasteiger partial charge in [0.25, 0.3) is 0 Å². The number of benzene rings is 7. The highest BCUT2D eigenvalue weighted by Crippen LogP contribution is 2.63. The highest BCUT2D eigenvalue weighted by molar-refractivity contribution is 7.26. The molecule has 0 saturated heterocycles. The molecule has 0 fully saturated rings. The summed E-state index contributed by atoms with van der Waals surface area (Å²) in [5.74, 6) is 1.87. The van der Waals surface area contributed by atoms with E-state index in [0.29, 0.717) is 0 Å². The van der Waals surface area contributed by atoms with Gasteiger partial charge in [-0.1, -0.05) is 146 Å². The van der Waals surface area contributed by atoms with Crippen LogP contribution in [0.3, 0.4) is 0 Å². The van der Waals surface area contributed by atoms with Gasteiger partial charge in [-0.25, -0.2) is 4.98 Å². The van der Waals surface area contributed by atoms with Gasteiger partial charge in [0.2, 0.25) is 0 Å². The van der Waals surface area contributed by atoms with Crippen LogP contribution in [0, 0.1) is 0 Å². The summed E-state index contributed by atoms with van der Waals surface area (Å²) in [6.45, 7) is 0. The molecule has 3 heterocycles. The van der Waals surface area contributed by atoms with Gasteiger partial charge in [0.05, 0.1) is 21.5 Å². The van der Waals surface area contributed by atoms with Crippen LogP contribution in [-0.2, 0) is 5.41 Å². The summed E-state index contributed by atoms with van der Waals surface area (Å²) in [7, 11) is 0. The largest absolute Gasteiger partial charge is 0.455 e. The Hall–Kier alpha value is -6.29. The Balaban J connectivity index is 1.14. The van der Waals surface area contributed by atoms with Gasteiger partial charge < -0.3 is 4.74 Å². The molecule has 7 aromatic carbocycles. The van der Waals surface area contributed by atoms with E-state index in [0.717, 1.165) is 39.6 Å². The number of fused-ring (bicyclic) bond motifs is 13. The molecule has 1 aliphatic heterocycles. The lowest BCUT2D eigenvalue weighted by Crippen LogP contribution is -2.32. The number of thiophene rings is 1. The van der Waals surface area contributed by atoms with E-state index in [2.05, 4.69) is 170 Å². The molecule has 3 heteroatoms. The molecule has 238 valence electrons. The molecule has 1 aliphatic carbocycles. The Labute approximate surface area is 299 Å². The first kappa shape index (κ1) is 28.5. The van der Waals surface area contributed by atoms with E-state index >= 15 is 0 Å². The van der Waals surface area contributed by atoms with Crippen molar-refractivity contribution < 1.29 is 4.74 Å². The molecule has 0 bridgehead atoms. The molecule has 2 aliphatic rings. The first-order chi connectivity index (χ1) is 25.3. The molecule has 0 unspecified atom stereocenters. The van der Waals surface area contributed by atoms with Gasteiger partial charge in [-0.05, 0) is 63.7 Å². The normalized spacial score (nSPS) is 13.4. The van der Waals surface area contributed by atoms with Crippen LogP contribution < -0.4 is 4.74 Å². The molecule has 11 rings (SSSR count). The smallest absolute Gasteiger partial charge is 0.150 e. The Bertz CT molecular complexity index is 2730. The summed E-state index contributed by atoms with van der Waals surface area (Å²) in [5, 5.41) is 2.42. The summed E-state index contributed by atoms with van der Waals surface area (Å²) in [5.41, 5.74) is 13.6. The van der Waals surface area contributed by atoms with Gasteiger partial charge in [0.15, 0.2) is 0 Å². The second-order valence-corrected chi connectivity index (χ2v) is 14.5. The molecule has 2 aromatic heterocycles. The lowest BCUT2D eigenvalue weighted by atomic mass is 9.66. The van der Waals surface area contributed by atoms with Gasteiger partial charge in [0, 0.05) is 37.7 Å². The van der Waals surface area contributed by atoms with Crippen molar-refractivity contribution in [3.8, 4) is 56.3 Å². The number of rotatable bonds is 3. The summed E-state index contributed by atoms with van der Waals surface area (Å²) < 4.78 is 9.38. The molecule has 0 saturated carbocycles. The zero-order chi connectivity index (χ0) is 33.5. The number of ether oxygens (including phenoxy) is 1. The van der Waals surface area contributed by atoms with Crippen molar-refractivity contribution in [1.29, 1.82) is 0 Å². The maximum absolute atomic E-state index is 6.98. The van der Waals surface area contributed by atoms with Gasteiger partial charge in [0.1, 0.15) is 11.5 Å². The number of para-hydroxylation sites is 1. The quantitative estimate of drug-likeness (QED) is 0.187. The zero-order valence-electron chi connectivity index (χ0n) is 27.5. The average Bonchev–Trinajstić information content (AvgIpc) is 3.73. The molecule has 51 heavy (non-hydrogen) atoms. The Kier molecular flexibility index (Phi) is 6.07. The van der Waals surface area contributed by atoms with E-state index < -0.39 is 5.41 Å². The molecule has 0 radical (unpaired) electrons. The van der Waals surface area contributed by atoms with Crippen molar-refractivity contribution in [1.82, 2.24) is 4.98 Å². The second-order valence-electron chi connectivity index (χ2n) is 13.4. The monoisotopic (exact) mass is 667 g/mol. The third-order valence-corrected chi connectivity index (χ3v) is 11.9. The SMILES string of the molecule is c1ccc(-c2cc(-c3ccccc3)nc(-c3ccc4sc5c6c(ccc5c4c3)C3(c4ccccc4O6)c4ccccc4-c4ccccc43)c2)cc1. The van der Waals surface area contributed by atoms with Gasteiger partial charge in [-0.3, -0.25) is 0 Å². The van der Waals surface area contributed by atoms with Crippen LogP contribution in [0.15, 0.2) is 176 Å². The van der Waals surface area contributed by atoms with E-state index in [9.17, 15) is 0 Å². The summed E-state index contributed by atoms with van der Waals surface area (Å²) in [4.78, 5) is 5.24. The summed E-state index contributed by atoms with van der Waals surface area (Å²) in [6, 6.07) is 63.3. The van der Waals surface area contributed by atoms with Crippen molar-refractivity contribution in [2.24, 2.45) is 0 Å². The maximum atomic E-state index is 6.98. The van der Waals surface area contributed by atoms with E-state index in [1.807, 2.05) is 17.4 Å². The Morgan fingerprint density at radius 2 is 1.04 bits per heavy atom. The highest BCUT2D eigenvalue weighted by Gasteiger charge is 2.51. The van der Waals surface area contributed by atoms with Gasteiger partial charge in [-0.2, -0.15) is 0 Å². The molecular weight excluding hydrogens is 639 g/mol. The minimum atomic E-state index is -0.470. The third kappa shape index (κ3) is 4.07. The van der Waals surface area contributed by atoms with Crippen molar-refractivity contribution in [3.05, 3.63) is 198 Å². The zero-order valence-corrected chi connectivity index (χ0v) is 28.3. The van der Waals surface area contributed by atoms with Crippen molar-refractivity contribution >= 4 is 31.5 Å². The van der Waals surface area contributed by atoms with E-state index in [-0.39, 0.29) is 0 Å². The predicted molar refractivity (Wildman–Crippen MR) is 211 cm³/mol. The highest BCUT2D eigenvalue weighted by atomic mass is 32.1. The minimum Gasteiger partial charge on any atom is -0.455 e. The van der Waals surface area contributed by atoms with Crippen molar-refractivity contribution in [3.63, 3.8) is 0 Å². The van der Waals surface area contributed by atoms with Crippen LogP contribution in [-0.4, -0.2) is 4.98 Å². The summed E-state index contributed by atoms with van der Waals surface area (Å²) in [6.07, 6.45) is 0. The number of aromatic nitrogens is 1. The molecule has 9 aromatic rings. The molecule has 0 N–H and O–H groups in total. The van der Waals surface area contributed by atoms with Crippen LogP contribution in [0.1, 0.15) is 22.3 Å². The number of hydrogen-bond donors (Lipinski definition) is 0. The fraction of sp³-hybridized carbons (Fsp3) is 0.0208. The first-order valence-corrected chi connectivity index (χ1v) is 18.2. The van der Waals surface area contributed by atoms with Gasteiger partial charge in [-0.15, -0.1) is 11.3 Å². The van der Waals surface area contributed by atoms with E-state index in [1.165, 1.54) is 59.1 Å². The first-order valence-electron chi connectivity index (χ1n) is 17.4. The van der Waals surface area contributed by atoms with Crippen LogP contribution in [0.5, 0.6) is 11.5 Å². The average molecular weight is 668 g/mol. The molecular formula is C48H29NOS. The Morgan fingerprint density at radius 1 is 0.431 bits per heavy atom. The number of hydrogen-bond acceptors (Lipinski definition) is 3. The van der Waals surface area contributed by atoms with Crippen LogP contribution in [0.4, 0.5) is 0 Å². The van der Waals surface area contributed by atoms with Crippen molar-refractivity contribution in [2.45, 2.75) is 5.41 Å². The topological polar surface area (TPSA) is 22.1 Å². The van der Waals surface area contributed by atoms with Crippen LogP contribution in [0.25, 0.3) is 64.9 Å². The summed E-state index contributed by atoms with van der Waals surface area (Å²) >= 11 is 1.81. The molecule has 1 spiro atoms. The Morgan fingerprint density at radius 3 is 1.76 bits per heavy atom. The second kappa shape index (κ2) is 10.9.